The number of halogens is 3. The van der Waals surface area contributed by atoms with E-state index in [1.165, 1.54) is 0 Å². The fraction of sp³-hybridized carbons (Fsp3) is 0.667. The van der Waals surface area contributed by atoms with Gasteiger partial charge in [-0.3, -0.25) is 0 Å². The first kappa shape index (κ1) is 15.9. The van der Waals surface area contributed by atoms with E-state index in [2.05, 4.69) is 18.8 Å². The average molecular weight is 301 g/mol. The van der Waals surface area contributed by atoms with Crippen LogP contribution in [0, 0.1) is 11.8 Å². The zero-order chi connectivity index (χ0) is 15.6. The molecule has 1 atom stereocenters. The van der Waals surface area contributed by atoms with Crippen LogP contribution in [0.2, 0.25) is 0 Å². The van der Waals surface area contributed by atoms with E-state index in [0.717, 1.165) is 44.6 Å². The molecule has 1 aliphatic rings. The summed E-state index contributed by atoms with van der Waals surface area (Å²) in [7, 11) is 0. The van der Waals surface area contributed by atoms with Gasteiger partial charge in [0.1, 0.15) is 5.69 Å². The van der Waals surface area contributed by atoms with E-state index in [0.29, 0.717) is 23.2 Å². The molecule has 3 nitrogen and oxygen atoms in total. The van der Waals surface area contributed by atoms with E-state index in [1.54, 1.807) is 0 Å². The van der Waals surface area contributed by atoms with Crippen LogP contribution < -0.4 is 10.6 Å². The van der Waals surface area contributed by atoms with Crippen molar-refractivity contribution in [2.45, 2.75) is 39.3 Å². The highest BCUT2D eigenvalue weighted by molar-refractivity contribution is 5.67. The molecule has 2 N–H and O–H groups in total. The summed E-state index contributed by atoms with van der Waals surface area (Å²) in [4.78, 5) is 5.36. The van der Waals surface area contributed by atoms with Gasteiger partial charge in [0.25, 0.3) is 0 Å². The topological polar surface area (TPSA) is 42.2 Å². The van der Waals surface area contributed by atoms with Crippen LogP contribution in [0.15, 0.2) is 12.3 Å². The number of hydrogen-bond donors (Lipinski definition) is 1. The van der Waals surface area contributed by atoms with Crippen LogP contribution in [-0.4, -0.2) is 18.1 Å². The van der Waals surface area contributed by atoms with Crippen molar-refractivity contribution in [3.05, 3.63) is 18.0 Å². The molecule has 0 spiro atoms. The number of nitrogens with zero attached hydrogens (tertiary/aromatic N) is 2. The van der Waals surface area contributed by atoms with Gasteiger partial charge in [-0.2, -0.15) is 13.2 Å². The van der Waals surface area contributed by atoms with Crippen molar-refractivity contribution in [3.63, 3.8) is 0 Å². The second-order valence-corrected chi connectivity index (χ2v) is 6.05. The van der Waals surface area contributed by atoms with Gasteiger partial charge < -0.3 is 10.6 Å². The molecule has 118 valence electrons. The predicted octanol–water partition coefficient (Wildman–Crippen LogP) is 3.95. The smallest absolute Gasteiger partial charge is 0.396 e. The maximum absolute atomic E-state index is 12.8. The summed E-state index contributed by atoms with van der Waals surface area (Å²) in [6, 6.07) is 1.07. The van der Waals surface area contributed by atoms with Crippen LogP contribution in [0.4, 0.5) is 24.5 Å². The third-order valence-electron chi connectivity index (χ3n) is 4.26. The Hall–Kier alpha value is -1.46. The summed E-state index contributed by atoms with van der Waals surface area (Å²) in [5, 5.41) is 0. The Kier molecular flexibility index (Phi) is 4.64. The lowest BCUT2D eigenvalue weighted by Gasteiger charge is -2.25. The van der Waals surface area contributed by atoms with Crippen molar-refractivity contribution in [1.82, 2.24) is 4.98 Å². The Morgan fingerprint density at radius 1 is 1.29 bits per heavy atom. The highest BCUT2D eigenvalue weighted by atomic mass is 19.4. The van der Waals surface area contributed by atoms with E-state index in [1.807, 2.05) is 4.90 Å². The van der Waals surface area contributed by atoms with Crippen molar-refractivity contribution in [3.8, 4) is 0 Å². The van der Waals surface area contributed by atoms with Crippen molar-refractivity contribution >= 4 is 11.4 Å². The monoisotopic (exact) mass is 301 g/mol. The quantitative estimate of drug-likeness (QED) is 0.899. The number of hydrogen-bond acceptors (Lipinski definition) is 3. The average Bonchev–Trinajstić information content (AvgIpc) is 2.63. The number of anilines is 2. The maximum atomic E-state index is 12.8. The minimum atomic E-state index is -4.44. The highest BCUT2D eigenvalue weighted by Gasteiger charge is 2.33. The Labute approximate surface area is 123 Å². The minimum Gasteiger partial charge on any atom is -0.396 e. The fourth-order valence-electron chi connectivity index (χ4n) is 2.91. The largest absolute Gasteiger partial charge is 0.433 e. The molecular formula is C15H22F3N3. The summed E-state index contributed by atoms with van der Waals surface area (Å²) in [5.74, 6) is 1.23. The van der Waals surface area contributed by atoms with Crippen LogP contribution in [-0.2, 0) is 6.18 Å². The number of nitrogens with two attached hydrogens (primary N) is 1. The summed E-state index contributed by atoms with van der Waals surface area (Å²) in [6.45, 7) is 5.88. The standard InChI is InChI=1S/C15H22F3N3/c1-10(2)11-4-3-6-21(7-5-11)13-8-14(15(16,17)18)20-9-12(13)19/h8-11H,3-7,19H2,1-2H3. The molecule has 0 saturated carbocycles. The molecule has 0 aromatic carbocycles. The van der Waals surface area contributed by atoms with Gasteiger partial charge in [-0.05, 0) is 37.2 Å². The second kappa shape index (κ2) is 6.12. The summed E-state index contributed by atoms with van der Waals surface area (Å²) in [5.41, 5.74) is 5.73. The number of nitrogen functional groups attached to an aromatic ring is 1. The van der Waals surface area contributed by atoms with E-state index >= 15 is 0 Å². The Morgan fingerprint density at radius 3 is 2.62 bits per heavy atom. The predicted molar refractivity (Wildman–Crippen MR) is 78.0 cm³/mol. The van der Waals surface area contributed by atoms with Crippen LogP contribution in [0.5, 0.6) is 0 Å². The SMILES string of the molecule is CC(C)C1CCCN(c2cc(C(F)(F)F)ncc2N)CC1. The maximum Gasteiger partial charge on any atom is 0.433 e. The van der Waals surface area contributed by atoms with Crippen molar-refractivity contribution in [2.24, 2.45) is 11.8 Å². The minimum absolute atomic E-state index is 0.311. The molecule has 2 rings (SSSR count). The molecule has 0 radical (unpaired) electrons. The number of pyridine rings is 1. The molecule has 1 aromatic heterocycles. The molecule has 1 saturated heterocycles. The zero-order valence-electron chi connectivity index (χ0n) is 12.5. The Balaban J connectivity index is 2.21. The molecule has 21 heavy (non-hydrogen) atoms. The molecule has 1 aliphatic heterocycles. The lowest BCUT2D eigenvalue weighted by molar-refractivity contribution is -0.141. The first-order valence-corrected chi connectivity index (χ1v) is 7.36. The summed E-state index contributed by atoms with van der Waals surface area (Å²) in [6.07, 6.45) is -0.240. The van der Waals surface area contributed by atoms with Gasteiger partial charge in [0, 0.05) is 13.1 Å². The third kappa shape index (κ3) is 3.80. The third-order valence-corrected chi connectivity index (χ3v) is 4.26. The molecule has 2 heterocycles. The van der Waals surface area contributed by atoms with Crippen molar-refractivity contribution in [2.75, 3.05) is 23.7 Å². The van der Waals surface area contributed by atoms with E-state index < -0.39 is 11.9 Å². The number of alkyl halides is 3. The lowest BCUT2D eigenvalue weighted by atomic mass is 9.89. The molecule has 0 bridgehead atoms. The Morgan fingerprint density at radius 2 is 2.00 bits per heavy atom. The van der Waals surface area contributed by atoms with Crippen molar-refractivity contribution in [1.29, 1.82) is 0 Å². The van der Waals surface area contributed by atoms with E-state index in [9.17, 15) is 13.2 Å². The molecular weight excluding hydrogens is 279 g/mol. The first-order chi connectivity index (χ1) is 9.79. The lowest BCUT2D eigenvalue weighted by Crippen LogP contribution is -2.26. The van der Waals surface area contributed by atoms with E-state index in [-0.39, 0.29) is 0 Å². The number of aromatic nitrogens is 1. The van der Waals surface area contributed by atoms with Gasteiger partial charge >= 0.3 is 6.18 Å². The molecule has 0 aliphatic carbocycles. The van der Waals surface area contributed by atoms with Gasteiger partial charge in [0.15, 0.2) is 0 Å². The summed E-state index contributed by atoms with van der Waals surface area (Å²) < 4.78 is 38.4. The number of rotatable bonds is 2. The Bertz CT molecular complexity index is 486. The van der Waals surface area contributed by atoms with Gasteiger partial charge in [0.2, 0.25) is 0 Å². The van der Waals surface area contributed by atoms with Gasteiger partial charge in [-0.1, -0.05) is 13.8 Å². The molecule has 1 fully saturated rings. The first-order valence-electron chi connectivity index (χ1n) is 7.36. The zero-order valence-corrected chi connectivity index (χ0v) is 12.5. The van der Waals surface area contributed by atoms with Crippen molar-refractivity contribution < 1.29 is 13.2 Å². The van der Waals surface area contributed by atoms with Crippen LogP contribution in [0.25, 0.3) is 0 Å². The molecule has 6 heteroatoms. The van der Waals surface area contributed by atoms with Gasteiger partial charge in [0.05, 0.1) is 17.6 Å². The van der Waals surface area contributed by atoms with Gasteiger partial charge in [-0.25, -0.2) is 4.98 Å². The van der Waals surface area contributed by atoms with Gasteiger partial charge in [-0.15, -0.1) is 0 Å². The molecule has 1 unspecified atom stereocenters. The highest BCUT2D eigenvalue weighted by Crippen LogP contribution is 2.34. The molecule has 1 aromatic rings. The van der Waals surface area contributed by atoms with Crippen LogP contribution in [0.1, 0.15) is 38.8 Å². The van der Waals surface area contributed by atoms with Crippen LogP contribution >= 0.6 is 0 Å². The van der Waals surface area contributed by atoms with E-state index in [4.69, 9.17) is 5.73 Å². The second-order valence-electron chi connectivity index (χ2n) is 6.05. The summed E-state index contributed by atoms with van der Waals surface area (Å²) >= 11 is 0. The van der Waals surface area contributed by atoms with Crippen LogP contribution in [0.3, 0.4) is 0 Å². The normalized spacial score (nSPS) is 20.7. The molecule has 0 amide bonds. The fourth-order valence-corrected chi connectivity index (χ4v) is 2.91.